The molecule has 1 aliphatic carbocycles. The van der Waals surface area contributed by atoms with Crippen LogP contribution in [0.4, 0.5) is 9.52 Å². The average molecular weight is 418 g/mol. The number of rotatable bonds is 5. The van der Waals surface area contributed by atoms with Crippen LogP contribution >= 0.6 is 11.3 Å². The molecule has 4 aromatic rings. The van der Waals surface area contributed by atoms with E-state index in [1.165, 1.54) is 17.4 Å². The van der Waals surface area contributed by atoms with Crippen molar-refractivity contribution in [2.24, 2.45) is 13.0 Å². The lowest BCUT2D eigenvalue weighted by Gasteiger charge is -2.03. The molecular formula is C23H19FN4OS. The molecule has 0 aliphatic heterocycles. The molecule has 0 spiro atoms. The first kappa shape index (κ1) is 18.7. The van der Waals surface area contributed by atoms with Crippen molar-refractivity contribution in [1.82, 2.24) is 14.5 Å². The molecule has 2 aromatic carbocycles. The van der Waals surface area contributed by atoms with E-state index in [-0.39, 0.29) is 23.6 Å². The van der Waals surface area contributed by atoms with Crippen LogP contribution < -0.4 is 5.32 Å². The van der Waals surface area contributed by atoms with E-state index in [9.17, 15) is 9.18 Å². The van der Waals surface area contributed by atoms with E-state index in [2.05, 4.69) is 10.3 Å². The summed E-state index contributed by atoms with van der Waals surface area (Å²) in [7, 11) is 1.93. The second-order valence-corrected chi connectivity index (χ2v) is 8.38. The van der Waals surface area contributed by atoms with E-state index < -0.39 is 0 Å². The van der Waals surface area contributed by atoms with Crippen molar-refractivity contribution in [3.8, 4) is 22.0 Å². The summed E-state index contributed by atoms with van der Waals surface area (Å²) in [5, 5.41) is 3.47. The molecular weight excluding hydrogens is 399 g/mol. The second-order valence-electron chi connectivity index (χ2n) is 7.38. The summed E-state index contributed by atoms with van der Waals surface area (Å²) in [5.41, 5.74) is 2.35. The molecule has 2 aromatic heterocycles. The highest BCUT2D eigenvalue weighted by molar-refractivity contribution is 7.19. The third-order valence-electron chi connectivity index (χ3n) is 5.36. The summed E-state index contributed by atoms with van der Waals surface area (Å²) in [6.07, 6.45) is 4.27. The lowest BCUT2D eigenvalue weighted by Crippen LogP contribution is -2.14. The molecule has 1 fully saturated rings. The normalized spacial score (nSPS) is 17.7. The minimum Gasteiger partial charge on any atom is -0.333 e. The fourth-order valence-electron chi connectivity index (χ4n) is 3.70. The van der Waals surface area contributed by atoms with Gasteiger partial charge in [-0.2, -0.15) is 0 Å². The number of aryl methyl sites for hydroxylation is 1. The zero-order valence-electron chi connectivity index (χ0n) is 16.2. The maximum Gasteiger partial charge on any atom is 0.229 e. The Morgan fingerprint density at radius 2 is 1.93 bits per heavy atom. The van der Waals surface area contributed by atoms with E-state index in [0.717, 1.165) is 22.0 Å². The summed E-state index contributed by atoms with van der Waals surface area (Å²) >= 11 is 1.40. The second kappa shape index (κ2) is 7.50. The van der Waals surface area contributed by atoms with Gasteiger partial charge in [-0.05, 0) is 24.0 Å². The SMILES string of the molecule is Cn1ccnc1-c1sc(NC(=O)C2CC2c2ccccc2F)nc1-c1ccccc1. The molecule has 30 heavy (non-hydrogen) atoms. The zero-order chi connectivity index (χ0) is 20.7. The van der Waals surface area contributed by atoms with Crippen molar-refractivity contribution in [1.29, 1.82) is 0 Å². The lowest BCUT2D eigenvalue weighted by atomic mass is 10.1. The van der Waals surface area contributed by atoms with Crippen molar-refractivity contribution in [2.75, 3.05) is 5.32 Å². The zero-order valence-corrected chi connectivity index (χ0v) is 17.1. The number of hydrogen-bond donors (Lipinski definition) is 1. The number of carbonyl (C=O) groups excluding carboxylic acids is 1. The van der Waals surface area contributed by atoms with Crippen molar-refractivity contribution >= 4 is 22.4 Å². The quantitative estimate of drug-likeness (QED) is 0.491. The monoisotopic (exact) mass is 418 g/mol. The Kier molecular flexibility index (Phi) is 4.67. The van der Waals surface area contributed by atoms with Crippen LogP contribution in [0.3, 0.4) is 0 Å². The summed E-state index contributed by atoms with van der Waals surface area (Å²) in [4.78, 5) is 22.8. The van der Waals surface area contributed by atoms with Gasteiger partial charge in [0.1, 0.15) is 5.82 Å². The van der Waals surface area contributed by atoms with Gasteiger partial charge in [-0.25, -0.2) is 14.4 Å². The molecule has 2 unspecified atom stereocenters. The maximum atomic E-state index is 14.0. The fraction of sp³-hybridized carbons (Fsp3) is 0.174. The number of aromatic nitrogens is 3. The molecule has 5 rings (SSSR count). The highest BCUT2D eigenvalue weighted by Gasteiger charge is 2.45. The largest absolute Gasteiger partial charge is 0.333 e. The summed E-state index contributed by atoms with van der Waals surface area (Å²) in [6, 6.07) is 16.5. The van der Waals surface area contributed by atoms with E-state index in [1.54, 1.807) is 24.4 Å². The Morgan fingerprint density at radius 1 is 1.17 bits per heavy atom. The van der Waals surface area contributed by atoms with Crippen molar-refractivity contribution < 1.29 is 9.18 Å². The summed E-state index contributed by atoms with van der Waals surface area (Å²) < 4.78 is 16.0. The van der Waals surface area contributed by atoms with Gasteiger partial charge in [0, 0.05) is 30.9 Å². The predicted octanol–water partition coefficient (Wildman–Crippen LogP) is 5.09. The van der Waals surface area contributed by atoms with Crippen LogP contribution in [0, 0.1) is 11.7 Å². The average Bonchev–Trinajstić information content (AvgIpc) is 3.27. The van der Waals surface area contributed by atoms with E-state index >= 15 is 0 Å². The molecule has 1 N–H and O–H groups in total. The number of carbonyl (C=O) groups is 1. The van der Waals surface area contributed by atoms with Crippen LogP contribution in [-0.2, 0) is 11.8 Å². The molecule has 2 atom stereocenters. The molecule has 1 aliphatic rings. The Bertz CT molecular complexity index is 1220. The van der Waals surface area contributed by atoms with Gasteiger partial charge in [-0.1, -0.05) is 59.9 Å². The first-order valence-corrected chi connectivity index (χ1v) is 10.5. The molecule has 7 heteroatoms. The minimum absolute atomic E-state index is 0.0752. The molecule has 2 heterocycles. The standard InChI is InChI=1S/C23H19FN4OS/c1-28-12-11-25-21(28)20-19(14-7-3-2-4-8-14)26-23(30-20)27-22(29)17-13-16(17)15-9-5-6-10-18(15)24/h2-12,16-17H,13H2,1H3,(H,26,27,29). The van der Waals surface area contributed by atoms with Crippen LogP contribution in [0.2, 0.25) is 0 Å². The fourth-order valence-corrected chi connectivity index (χ4v) is 4.73. The number of halogens is 1. The lowest BCUT2D eigenvalue weighted by molar-refractivity contribution is -0.117. The molecule has 150 valence electrons. The summed E-state index contributed by atoms with van der Waals surface area (Å²) in [5.74, 6) is 0.109. The molecule has 0 saturated heterocycles. The first-order valence-electron chi connectivity index (χ1n) is 9.71. The number of nitrogens with one attached hydrogen (secondary N) is 1. The van der Waals surface area contributed by atoms with Gasteiger partial charge < -0.3 is 9.88 Å². The Labute approximate surface area is 177 Å². The first-order chi connectivity index (χ1) is 14.6. The van der Waals surface area contributed by atoms with Crippen molar-refractivity contribution in [2.45, 2.75) is 12.3 Å². The maximum absolute atomic E-state index is 14.0. The van der Waals surface area contributed by atoms with Gasteiger partial charge in [0.2, 0.25) is 5.91 Å². The Balaban J connectivity index is 1.42. The smallest absolute Gasteiger partial charge is 0.229 e. The third kappa shape index (κ3) is 3.41. The number of anilines is 1. The predicted molar refractivity (Wildman–Crippen MR) is 116 cm³/mol. The van der Waals surface area contributed by atoms with Gasteiger partial charge in [0.25, 0.3) is 0 Å². The van der Waals surface area contributed by atoms with Crippen molar-refractivity contribution in [3.05, 3.63) is 78.4 Å². The van der Waals surface area contributed by atoms with E-state index in [4.69, 9.17) is 4.98 Å². The highest BCUT2D eigenvalue weighted by Crippen LogP contribution is 2.49. The Morgan fingerprint density at radius 3 is 2.67 bits per heavy atom. The van der Waals surface area contributed by atoms with Gasteiger partial charge in [0.15, 0.2) is 11.0 Å². The topological polar surface area (TPSA) is 59.8 Å². The van der Waals surface area contributed by atoms with Gasteiger partial charge in [-0.15, -0.1) is 0 Å². The third-order valence-corrected chi connectivity index (χ3v) is 6.33. The van der Waals surface area contributed by atoms with E-state index in [1.807, 2.05) is 48.1 Å². The number of imidazole rings is 1. The minimum atomic E-state index is -0.254. The van der Waals surface area contributed by atoms with Crippen LogP contribution in [0.1, 0.15) is 17.9 Å². The number of hydrogen-bond acceptors (Lipinski definition) is 4. The molecule has 5 nitrogen and oxygen atoms in total. The highest BCUT2D eigenvalue weighted by atomic mass is 32.1. The molecule has 1 saturated carbocycles. The number of nitrogens with zero attached hydrogens (tertiary/aromatic N) is 3. The van der Waals surface area contributed by atoms with Crippen LogP contribution in [0.15, 0.2) is 67.0 Å². The number of thiazole rings is 1. The molecule has 0 bridgehead atoms. The van der Waals surface area contributed by atoms with Gasteiger partial charge in [0.05, 0.1) is 10.6 Å². The van der Waals surface area contributed by atoms with Crippen molar-refractivity contribution in [3.63, 3.8) is 0 Å². The number of benzene rings is 2. The van der Waals surface area contributed by atoms with E-state index in [0.29, 0.717) is 17.1 Å². The van der Waals surface area contributed by atoms with Crippen LogP contribution in [0.5, 0.6) is 0 Å². The summed E-state index contributed by atoms with van der Waals surface area (Å²) in [6.45, 7) is 0. The van der Waals surface area contributed by atoms with Crippen LogP contribution in [-0.4, -0.2) is 20.4 Å². The van der Waals surface area contributed by atoms with Crippen LogP contribution in [0.25, 0.3) is 22.0 Å². The number of amides is 1. The Hall–Kier alpha value is -3.32. The molecule has 0 radical (unpaired) electrons. The van der Waals surface area contributed by atoms with Gasteiger partial charge in [-0.3, -0.25) is 4.79 Å². The molecule has 1 amide bonds. The van der Waals surface area contributed by atoms with Gasteiger partial charge >= 0.3 is 0 Å².